The maximum Gasteiger partial charge on any atom is 0.140 e. The van der Waals surface area contributed by atoms with Crippen molar-refractivity contribution < 1.29 is 19.3 Å². The van der Waals surface area contributed by atoms with Gasteiger partial charge in [0.2, 0.25) is 0 Å². The summed E-state index contributed by atoms with van der Waals surface area (Å²) in [6.45, 7) is 1.84. The molecule has 5 heteroatoms. The molecule has 0 saturated carbocycles. The van der Waals surface area contributed by atoms with Gasteiger partial charge in [0.05, 0.1) is 32.5 Å². The molecule has 1 aliphatic rings. The fraction of sp³-hybridized carbons (Fsp3) is 0.273. The molecule has 0 aromatic heterocycles. The molecule has 4 aromatic rings. The van der Waals surface area contributed by atoms with Gasteiger partial charge in [0.25, 0.3) is 0 Å². The second-order valence-electron chi connectivity index (χ2n) is 9.62. The molecular weight excluding hydrogens is 474 g/mol. The van der Waals surface area contributed by atoms with Gasteiger partial charge in [-0.1, -0.05) is 121 Å². The zero-order valence-corrected chi connectivity index (χ0v) is 21.5. The third-order valence-electron chi connectivity index (χ3n) is 6.97. The van der Waals surface area contributed by atoms with Crippen molar-refractivity contribution in [3.05, 3.63) is 144 Å². The monoisotopic (exact) mass is 509 g/mol. The highest BCUT2D eigenvalue weighted by Crippen LogP contribution is 2.34. The van der Waals surface area contributed by atoms with Crippen LogP contribution in [0.3, 0.4) is 0 Å². The molecule has 0 radical (unpaired) electrons. The third kappa shape index (κ3) is 6.76. The summed E-state index contributed by atoms with van der Waals surface area (Å²) in [6, 6.07) is 40.4. The van der Waals surface area contributed by atoms with Crippen LogP contribution in [0.15, 0.2) is 121 Å². The SMILES string of the molecule is OC[C@@H]1[C@@H](OCc2ccccc2)[C@H](OCc2ccccc2)[C@H](OCc2ccccc2)N1Cc1ccccc1. The molecule has 0 bridgehead atoms. The van der Waals surface area contributed by atoms with E-state index >= 15 is 0 Å². The maximum atomic E-state index is 10.7. The number of ether oxygens (including phenoxy) is 3. The Morgan fingerprint density at radius 1 is 0.500 bits per heavy atom. The number of hydrogen-bond acceptors (Lipinski definition) is 5. The number of aliphatic hydroxyl groups is 1. The van der Waals surface area contributed by atoms with Crippen molar-refractivity contribution in [3.8, 4) is 0 Å². The zero-order chi connectivity index (χ0) is 26.0. The lowest BCUT2D eigenvalue weighted by molar-refractivity contribution is -0.145. The summed E-state index contributed by atoms with van der Waals surface area (Å²) in [5, 5.41) is 10.7. The maximum absolute atomic E-state index is 10.7. The minimum Gasteiger partial charge on any atom is -0.395 e. The van der Waals surface area contributed by atoms with E-state index in [9.17, 15) is 5.11 Å². The average molecular weight is 510 g/mol. The first kappa shape index (κ1) is 26.3. The molecule has 196 valence electrons. The molecule has 1 N–H and O–H groups in total. The number of benzene rings is 4. The van der Waals surface area contributed by atoms with Crippen LogP contribution in [0, 0.1) is 0 Å². The van der Waals surface area contributed by atoms with Crippen LogP contribution in [0.4, 0.5) is 0 Å². The third-order valence-corrected chi connectivity index (χ3v) is 6.97. The number of nitrogens with zero attached hydrogens (tertiary/aromatic N) is 1. The van der Waals surface area contributed by atoms with Crippen LogP contribution in [-0.2, 0) is 40.6 Å². The molecule has 1 saturated heterocycles. The first-order valence-corrected chi connectivity index (χ1v) is 13.2. The van der Waals surface area contributed by atoms with Gasteiger partial charge in [-0.2, -0.15) is 0 Å². The van der Waals surface area contributed by atoms with E-state index in [1.807, 2.05) is 84.9 Å². The quantitative estimate of drug-likeness (QED) is 0.270. The normalized spacial score (nSPS) is 21.5. The predicted molar refractivity (Wildman–Crippen MR) is 148 cm³/mol. The summed E-state index contributed by atoms with van der Waals surface area (Å²) < 4.78 is 19.7. The molecule has 1 aliphatic heterocycles. The molecule has 0 unspecified atom stereocenters. The van der Waals surface area contributed by atoms with E-state index in [0.29, 0.717) is 26.4 Å². The Labute approximate surface area is 225 Å². The Morgan fingerprint density at radius 3 is 1.34 bits per heavy atom. The van der Waals surface area contributed by atoms with Crippen molar-refractivity contribution in [2.45, 2.75) is 50.8 Å². The highest BCUT2D eigenvalue weighted by molar-refractivity contribution is 5.18. The highest BCUT2D eigenvalue weighted by atomic mass is 16.6. The van der Waals surface area contributed by atoms with Crippen LogP contribution < -0.4 is 0 Å². The molecule has 5 rings (SSSR count). The summed E-state index contributed by atoms with van der Waals surface area (Å²) in [7, 11) is 0. The van der Waals surface area contributed by atoms with Crippen LogP contribution in [0.2, 0.25) is 0 Å². The fourth-order valence-electron chi connectivity index (χ4n) is 5.02. The molecule has 38 heavy (non-hydrogen) atoms. The van der Waals surface area contributed by atoms with Gasteiger partial charge in [0, 0.05) is 6.54 Å². The topological polar surface area (TPSA) is 51.2 Å². The van der Waals surface area contributed by atoms with Crippen LogP contribution in [0.1, 0.15) is 22.3 Å². The predicted octanol–water partition coefficient (Wildman–Crippen LogP) is 5.58. The van der Waals surface area contributed by atoms with Crippen molar-refractivity contribution in [1.29, 1.82) is 0 Å². The first-order chi connectivity index (χ1) is 18.8. The van der Waals surface area contributed by atoms with Crippen molar-refractivity contribution >= 4 is 0 Å². The van der Waals surface area contributed by atoms with E-state index in [2.05, 4.69) is 41.3 Å². The van der Waals surface area contributed by atoms with Crippen LogP contribution >= 0.6 is 0 Å². The summed E-state index contributed by atoms with van der Waals surface area (Å²) in [6.07, 6.45) is -1.19. The molecule has 4 aromatic carbocycles. The lowest BCUT2D eigenvalue weighted by Gasteiger charge is -2.30. The van der Waals surface area contributed by atoms with Crippen molar-refractivity contribution in [2.75, 3.05) is 6.61 Å². The molecule has 5 nitrogen and oxygen atoms in total. The van der Waals surface area contributed by atoms with E-state index < -0.39 is 12.3 Å². The van der Waals surface area contributed by atoms with Gasteiger partial charge in [-0.3, -0.25) is 4.90 Å². The first-order valence-electron chi connectivity index (χ1n) is 13.2. The van der Waals surface area contributed by atoms with Gasteiger partial charge in [0.1, 0.15) is 18.4 Å². The lowest BCUT2D eigenvalue weighted by Crippen LogP contribution is -2.42. The van der Waals surface area contributed by atoms with Crippen molar-refractivity contribution in [3.63, 3.8) is 0 Å². The smallest absolute Gasteiger partial charge is 0.140 e. The number of hydrogen-bond donors (Lipinski definition) is 1. The van der Waals surface area contributed by atoms with E-state index in [-0.39, 0.29) is 18.8 Å². The Kier molecular flexibility index (Phi) is 9.32. The second kappa shape index (κ2) is 13.5. The molecule has 0 spiro atoms. The van der Waals surface area contributed by atoms with Crippen LogP contribution in [0.25, 0.3) is 0 Å². The number of rotatable bonds is 12. The fourth-order valence-corrected chi connectivity index (χ4v) is 5.02. The average Bonchev–Trinajstić information content (AvgIpc) is 3.26. The van der Waals surface area contributed by atoms with Gasteiger partial charge in [-0.15, -0.1) is 0 Å². The van der Waals surface area contributed by atoms with Crippen molar-refractivity contribution in [2.24, 2.45) is 0 Å². The summed E-state index contributed by atoms with van der Waals surface area (Å²) >= 11 is 0. The van der Waals surface area contributed by atoms with E-state index in [1.165, 1.54) is 0 Å². The number of aliphatic hydroxyl groups excluding tert-OH is 1. The second-order valence-corrected chi connectivity index (χ2v) is 9.62. The van der Waals surface area contributed by atoms with Gasteiger partial charge in [0.15, 0.2) is 0 Å². The summed E-state index contributed by atoms with van der Waals surface area (Å²) in [5.41, 5.74) is 4.39. The molecule has 0 aliphatic carbocycles. The van der Waals surface area contributed by atoms with Gasteiger partial charge < -0.3 is 19.3 Å². The lowest BCUT2D eigenvalue weighted by atomic mass is 10.1. The molecule has 1 fully saturated rings. The Morgan fingerprint density at radius 2 is 0.895 bits per heavy atom. The van der Waals surface area contributed by atoms with Gasteiger partial charge in [-0.05, 0) is 22.3 Å². The zero-order valence-electron chi connectivity index (χ0n) is 21.5. The van der Waals surface area contributed by atoms with E-state index in [0.717, 1.165) is 22.3 Å². The van der Waals surface area contributed by atoms with Crippen molar-refractivity contribution in [1.82, 2.24) is 4.90 Å². The van der Waals surface area contributed by atoms with Crippen LogP contribution in [-0.4, -0.2) is 41.1 Å². The van der Waals surface area contributed by atoms with E-state index in [1.54, 1.807) is 0 Å². The van der Waals surface area contributed by atoms with Gasteiger partial charge in [-0.25, -0.2) is 0 Å². The summed E-state index contributed by atoms with van der Waals surface area (Å²) in [5.74, 6) is 0. The standard InChI is InChI=1S/C33H35NO4/c35-22-30-31(36-23-27-15-7-2-8-16-27)32(37-24-28-17-9-3-10-18-28)33(38-25-29-19-11-4-12-20-29)34(30)21-26-13-5-1-6-14-26/h1-20,30-33,35H,21-25H2/t30-,31-,32+,33+/m1/s1. The molecular formula is C33H35NO4. The van der Waals surface area contributed by atoms with Crippen LogP contribution in [0.5, 0.6) is 0 Å². The minimum atomic E-state index is -0.406. The Hall–Kier alpha value is -3.32. The summed E-state index contributed by atoms with van der Waals surface area (Å²) in [4.78, 5) is 2.20. The van der Waals surface area contributed by atoms with E-state index in [4.69, 9.17) is 14.2 Å². The Balaban J connectivity index is 1.44. The molecule has 1 heterocycles. The number of likely N-dealkylation sites (tertiary alicyclic amines) is 1. The van der Waals surface area contributed by atoms with Gasteiger partial charge >= 0.3 is 0 Å². The highest BCUT2D eigenvalue weighted by Gasteiger charge is 2.51. The molecule has 4 atom stereocenters. The minimum absolute atomic E-state index is 0.0668. The Bertz CT molecular complexity index is 1210. The molecule has 0 amide bonds. The largest absolute Gasteiger partial charge is 0.395 e.